The van der Waals surface area contributed by atoms with E-state index in [0.29, 0.717) is 15.6 Å². The number of amides is 3. The first-order valence-electron chi connectivity index (χ1n) is 5.13. The van der Waals surface area contributed by atoms with Gasteiger partial charge in [-0.25, -0.2) is 0 Å². The van der Waals surface area contributed by atoms with E-state index < -0.39 is 23.8 Å². The van der Waals surface area contributed by atoms with E-state index in [2.05, 4.69) is 5.32 Å². The van der Waals surface area contributed by atoms with Crippen LogP contribution in [0.4, 0.5) is 0 Å². The molecule has 0 aliphatic heterocycles. The third-order valence-corrected chi connectivity index (χ3v) is 2.83. The van der Waals surface area contributed by atoms with Crippen molar-refractivity contribution in [2.75, 3.05) is 0 Å². The highest BCUT2D eigenvalue weighted by Gasteiger charge is 2.23. The lowest BCUT2D eigenvalue weighted by Crippen LogP contribution is -2.52. The Morgan fingerprint density at radius 3 is 2.21 bits per heavy atom. The lowest BCUT2D eigenvalue weighted by molar-refractivity contribution is -0.133. The van der Waals surface area contributed by atoms with Crippen LogP contribution in [0.1, 0.15) is 5.56 Å². The molecule has 1 rings (SSSR count). The van der Waals surface area contributed by atoms with E-state index in [0.717, 1.165) is 0 Å². The van der Waals surface area contributed by atoms with Crippen molar-refractivity contribution in [1.82, 2.24) is 5.32 Å². The zero-order valence-corrected chi connectivity index (χ0v) is 11.2. The number of primary amides is 2. The molecule has 0 aliphatic carbocycles. The molecule has 0 saturated carbocycles. The van der Waals surface area contributed by atoms with Gasteiger partial charge in [0.2, 0.25) is 17.7 Å². The number of hydrogen-bond donors (Lipinski definition) is 3. The summed E-state index contributed by atoms with van der Waals surface area (Å²) in [5.74, 6) is -2.65. The SMILES string of the molecule is NC(=O)C(NC(=O)Cc1ccc(Cl)cc1Cl)C(N)=O. The van der Waals surface area contributed by atoms with Gasteiger partial charge in [-0.2, -0.15) is 0 Å². The van der Waals surface area contributed by atoms with E-state index in [1.165, 1.54) is 6.07 Å². The molecule has 0 spiro atoms. The Morgan fingerprint density at radius 2 is 1.74 bits per heavy atom. The number of nitrogens with two attached hydrogens (primary N) is 2. The summed E-state index contributed by atoms with van der Waals surface area (Å²) in [6.45, 7) is 0. The number of hydrogen-bond acceptors (Lipinski definition) is 3. The summed E-state index contributed by atoms with van der Waals surface area (Å²) in [4.78, 5) is 33.5. The van der Waals surface area contributed by atoms with Crippen molar-refractivity contribution in [2.24, 2.45) is 11.5 Å². The summed E-state index contributed by atoms with van der Waals surface area (Å²) in [6, 6.07) is 3.06. The Bertz CT molecular complexity index is 520. The van der Waals surface area contributed by atoms with E-state index in [-0.39, 0.29) is 6.42 Å². The largest absolute Gasteiger partial charge is 0.367 e. The molecular weight excluding hydrogens is 293 g/mol. The zero-order chi connectivity index (χ0) is 14.6. The van der Waals surface area contributed by atoms with Gasteiger partial charge in [0.15, 0.2) is 6.04 Å². The lowest BCUT2D eigenvalue weighted by atomic mass is 10.1. The fourth-order valence-corrected chi connectivity index (χ4v) is 1.81. The second-order valence-corrected chi connectivity index (χ2v) is 4.56. The number of carbonyl (C=O) groups is 3. The third-order valence-electron chi connectivity index (χ3n) is 2.24. The van der Waals surface area contributed by atoms with Crippen LogP contribution in [0.25, 0.3) is 0 Å². The molecule has 19 heavy (non-hydrogen) atoms. The molecule has 0 aliphatic rings. The van der Waals surface area contributed by atoms with Gasteiger partial charge in [-0.1, -0.05) is 29.3 Å². The summed E-state index contributed by atoms with van der Waals surface area (Å²) in [5, 5.41) is 2.86. The first kappa shape index (κ1) is 15.3. The van der Waals surface area contributed by atoms with Crippen molar-refractivity contribution in [2.45, 2.75) is 12.5 Å². The number of nitrogens with one attached hydrogen (secondary N) is 1. The third kappa shape index (κ3) is 4.42. The van der Waals surface area contributed by atoms with Crippen LogP contribution in [-0.2, 0) is 20.8 Å². The maximum atomic E-state index is 11.7. The Morgan fingerprint density at radius 1 is 1.16 bits per heavy atom. The van der Waals surface area contributed by atoms with Gasteiger partial charge in [0.25, 0.3) is 0 Å². The van der Waals surface area contributed by atoms with E-state index in [1.54, 1.807) is 12.1 Å². The van der Waals surface area contributed by atoms with Crippen molar-refractivity contribution < 1.29 is 14.4 Å². The van der Waals surface area contributed by atoms with Crippen molar-refractivity contribution >= 4 is 40.9 Å². The standard InChI is InChI=1S/C11H11Cl2N3O3/c12-6-2-1-5(7(13)4-6)3-8(17)16-9(10(14)18)11(15)19/h1-2,4,9H,3H2,(H2,14,18)(H2,15,19)(H,16,17). The Kier molecular flexibility index (Phi) is 5.14. The first-order valence-corrected chi connectivity index (χ1v) is 5.88. The van der Waals surface area contributed by atoms with Crippen LogP contribution in [0, 0.1) is 0 Å². The molecule has 0 heterocycles. The first-order chi connectivity index (χ1) is 8.81. The van der Waals surface area contributed by atoms with Crippen LogP contribution in [0.5, 0.6) is 0 Å². The van der Waals surface area contributed by atoms with Gasteiger partial charge in [-0.05, 0) is 17.7 Å². The normalized spacial score (nSPS) is 10.3. The zero-order valence-electron chi connectivity index (χ0n) is 9.65. The van der Waals surface area contributed by atoms with Gasteiger partial charge < -0.3 is 16.8 Å². The Labute approximate surface area is 119 Å². The predicted molar refractivity (Wildman–Crippen MR) is 70.5 cm³/mol. The highest BCUT2D eigenvalue weighted by molar-refractivity contribution is 6.35. The molecule has 0 unspecified atom stereocenters. The molecule has 1 aromatic rings. The highest BCUT2D eigenvalue weighted by atomic mass is 35.5. The molecule has 1 aromatic carbocycles. The van der Waals surface area contributed by atoms with Crippen molar-refractivity contribution in [3.05, 3.63) is 33.8 Å². The summed E-state index contributed by atoms with van der Waals surface area (Å²) in [5.41, 5.74) is 10.4. The van der Waals surface area contributed by atoms with Crippen LogP contribution in [0.2, 0.25) is 10.0 Å². The van der Waals surface area contributed by atoms with E-state index in [1.807, 2.05) is 0 Å². The lowest BCUT2D eigenvalue weighted by Gasteiger charge is -2.12. The van der Waals surface area contributed by atoms with Crippen LogP contribution >= 0.6 is 23.2 Å². The quantitative estimate of drug-likeness (QED) is 0.664. The summed E-state index contributed by atoms with van der Waals surface area (Å²) >= 11 is 11.6. The van der Waals surface area contributed by atoms with Crippen molar-refractivity contribution in [3.8, 4) is 0 Å². The second-order valence-electron chi connectivity index (χ2n) is 3.72. The maximum Gasteiger partial charge on any atom is 0.249 e. The second kappa shape index (κ2) is 6.40. The molecule has 0 radical (unpaired) electrons. The average Bonchev–Trinajstić information content (AvgIpc) is 2.29. The number of halogens is 2. The van der Waals surface area contributed by atoms with E-state index >= 15 is 0 Å². The molecule has 0 aromatic heterocycles. The molecule has 3 amide bonds. The van der Waals surface area contributed by atoms with Gasteiger partial charge in [0.05, 0.1) is 6.42 Å². The van der Waals surface area contributed by atoms with Gasteiger partial charge in [0.1, 0.15) is 0 Å². The van der Waals surface area contributed by atoms with Crippen LogP contribution in [0.15, 0.2) is 18.2 Å². The monoisotopic (exact) mass is 303 g/mol. The highest BCUT2D eigenvalue weighted by Crippen LogP contribution is 2.21. The summed E-state index contributed by atoms with van der Waals surface area (Å²) < 4.78 is 0. The minimum absolute atomic E-state index is 0.132. The Hall–Kier alpha value is -1.79. The minimum atomic E-state index is -1.54. The van der Waals surface area contributed by atoms with Crippen LogP contribution < -0.4 is 16.8 Å². The number of carbonyl (C=O) groups excluding carboxylic acids is 3. The summed E-state index contributed by atoms with van der Waals surface area (Å²) in [7, 11) is 0. The number of rotatable bonds is 5. The van der Waals surface area contributed by atoms with Gasteiger partial charge >= 0.3 is 0 Å². The molecule has 5 N–H and O–H groups in total. The Balaban J connectivity index is 2.74. The van der Waals surface area contributed by atoms with Crippen LogP contribution in [0.3, 0.4) is 0 Å². The molecule has 0 fully saturated rings. The van der Waals surface area contributed by atoms with Gasteiger partial charge in [-0.15, -0.1) is 0 Å². The smallest absolute Gasteiger partial charge is 0.249 e. The molecule has 0 atom stereocenters. The van der Waals surface area contributed by atoms with E-state index in [9.17, 15) is 14.4 Å². The molecule has 0 bridgehead atoms. The molecule has 0 saturated heterocycles. The number of benzene rings is 1. The van der Waals surface area contributed by atoms with Crippen molar-refractivity contribution in [1.29, 1.82) is 0 Å². The predicted octanol–water partition coefficient (Wildman–Crippen LogP) is -0.00870. The molecule has 102 valence electrons. The van der Waals surface area contributed by atoms with Gasteiger partial charge in [-0.3, -0.25) is 14.4 Å². The van der Waals surface area contributed by atoms with Gasteiger partial charge in [0, 0.05) is 10.0 Å². The van der Waals surface area contributed by atoms with Crippen LogP contribution in [-0.4, -0.2) is 23.8 Å². The fourth-order valence-electron chi connectivity index (χ4n) is 1.33. The van der Waals surface area contributed by atoms with E-state index in [4.69, 9.17) is 34.7 Å². The molecular formula is C11H11Cl2N3O3. The average molecular weight is 304 g/mol. The maximum absolute atomic E-state index is 11.7. The molecule has 6 nitrogen and oxygen atoms in total. The molecule has 8 heteroatoms. The minimum Gasteiger partial charge on any atom is -0.367 e. The topological polar surface area (TPSA) is 115 Å². The fraction of sp³-hybridized carbons (Fsp3) is 0.182. The van der Waals surface area contributed by atoms with Crippen molar-refractivity contribution in [3.63, 3.8) is 0 Å². The summed E-state index contributed by atoms with van der Waals surface area (Å²) in [6.07, 6.45) is -0.132.